The van der Waals surface area contributed by atoms with Crippen LogP contribution in [0.5, 0.6) is 0 Å². The molecular weight excluding hydrogens is 1610 g/mol. The Bertz CT molecular complexity index is 5260. The molecule has 11 aromatic rings. The van der Waals surface area contributed by atoms with Gasteiger partial charge in [0.2, 0.25) is 0 Å². The smallest absolute Gasteiger partial charge is 0.321 e. The van der Waals surface area contributed by atoms with E-state index in [-0.39, 0.29) is 62.7 Å². The fraction of sp³-hybridized carbons (Fsp3) is 0.312. The third kappa shape index (κ3) is 24.0. The molecule has 4 aliphatic rings. The minimum absolute atomic E-state index is 0.0558. The molecule has 0 bridgehead atoms. The number of hydrogen-bond acceptors (Lipinski definition) is 20. The van der Waals surface area contributed by atoms with E-state index < -0.39 is 55.4 Å². The van der Waals surface area contributed by atoms with Crippen LogP contribution < -0.4 is 21.3 Å². The van der Waals surface area contributed by atoms with Gasteiger partial charge in [0.05, 0.1) is 22.3 Å². The van der Waals surface area contributed by atoms with Gasteiger partial charge in [-0.3, -0.25) is 19.2 Å². The van der Waals surface area contributed by atoms with Crippen LogP contribution in [-0.2, 0) is 47.3 Å². The van der Waals surface area contributed by atoms with Crippen molar-refractivity contribution >= 4 is 64.3 Å². The predicted octanol–water partition coefficient (Wildman–Crippen LogP) is 12.5. The number of aryl methyl sites for hydroxylation is 1. The monoisotopic (exact) mass is 1710 g/mol. The number of halogens is 2. The molecule has 30 heteroatoms. The van der Waals surface area contributed by atoms with Crippen molar-refractivity contribution in [1.82, 2.24) is 64.8 Å². The first kappa shape index (κ1) is 91.5. The average Bonchev–Trinajstić information content (AvgIpc) is 0.796. The molecule has 0 aliphatic carbocycles. The number of aromatic nitrogens is 8. The second-order valence-electron chi connectivity index (χ2n) is 31.8. The lowest BCUT2D eigenvalue weighted by Crippen LogP contribution is -2.49. The number of nitrogens with one attached hydrogen (secondary N) is 4. The van der Waals surface area contributed by atoms with Crippen molar-refractivity contribution in [2.45, 2.75) is 106 Å². The van der Waals surface area contributed by atoms with E-state index in [4.69, 9.17) is 20.4 Å². The second kappa shape index (κ2) is 43.6. The number of likely N-dealkylation sites (tertiary alicyclic amines) is 4. The molecule has 28 nitrogen and oxygen atoms in total. The van der Waals surface area contributed by atoms with Crippen molar-refractivity contribution < 1.29 is 67.6 Å². The molecule has 8 heterocycles. The molecule has 4 aliphatic heterocycles. The molecule has 0 spiro atoms. The molecular formula is C96H102F2N16O12. The second-order valence-corrected chi connectivity index (χ2v) is 31.8. The molecule has 15 rings (SSSR count). The maximum atomic E-state index is 13.4. The fourth-order valence-corrected chi connectivity index (χ4v) is 16.4. The number of ketones is 4. The van der Waals surface area contributed by atoms with Crippen molar-refractivity contribution in [3.63, 3.8) is 0 Å². The van der Waals surface area contributed by atoms with Crippen molar-refractivity contribution in [1.29, 1.82) is 0 Å². The first-order valence-corrected chi connectivity index (χ1v) is 41.8. The number of amides is 8. The van der Waals surface area contributed by atoms with Gasteiger partial charge in [-0.25, -0.2) is 67.8 Å². The topological polar surface area (TPSA) is 382 Å². The standard InChI is InChI=1S/C26H28N4O3.2C25H25FN4O3.C20H24N4O3/c1-19-7-9-22(10-8-19)29-25(33)30-13-11-26(12-14-30,21-5-3-2-4-6-21)15-24-27-16-20(17-28-24)23(32)18-31;26-20-7-4-8-21(13-20)29-24(33)30-11-9-25(10-12-30,19-5-2-1-3-6-19)14-23-27-15-18(16-28-23)22(32)17-31;26-20-6-8-21(9-7-20)29-24(33)30-12-10-25(11-13-30,19-4-2-1-3-5-19)14-23-27-15-18(16-28-23)22(32)17-31;1-21-19(27)24-9-7-20(8-10-24,16-5-3-2-4-6-16)11-18-22-12-15(13-23-18)17(26)14-25/h2-10,16-17,31H,11-15,18H2,1H3,(H,29,33);1-8,13,15-16,31H,9-12,14,17H2,(H,29,33);1-9,15-16,31H,10-14,17H2,(H,29,33);2-6,12-13,25H,7-11,14H2,1H3,(H,21,27). The molecule has 0 radical (unpaired) electrons. The summed E-state index contributed by atoms with van der Waals surface area (Å²) in [6.07, 6.45) is 20.1. The lowest BCUT2D eigenvalue weighted by molar-refractivity contribution is 0.0897. The van der Waals surface area contributed by atoms with E-state index in [0.29, 0.717) is 150 Å². The Kier molecular flexibility index (Phi) is 31.7. The molecule has 126 heavy (non-hydrogen) atoms. The van der Waals surface area contributed by atoms with Crippen LogP contribution in [-0.4, -0.2) is 213 Å². The van der Waals surface area contributed by atoms with Gasteiger partial charge in [0.1, 0.15) is 61.4 Å². The van der Waals surface area contributed by atoms with Crippen molar-refractivity contribution in [3.05, 3.63) is 329 Å². The number of carbonyl (C=O) groups excluding carboxylic acids is 8. The van der Waals surface area contributed by atoms with E-state index in [1.165, 1.54) is 97.1 Å². The number of aliphatic hydroxyl groups excluding tert-OH is 4. The summed E-state index contributed by atoms with van der Waals surface area (Å²) in [5.41, 5.74) is 7.90. The van der Waals surface area contributed by atoms with Crippen molar-refractivity contribution in [2.24, 2.45) is 0 Å². The lowest BCUT2D eigenvalue weighted by Gasteiger charge is -2.42. The van der Waals surface area contributed by atoms with Gasteiger partial charge in [0.25, 0.3) is 0 Å². The minimum atomic E-state index is -0.579. The summed E-state index contributed by atoms with van der Waals surface area (Å²) in [6.45, 7) is 4.45. The van der Waals surface area contributed by atoms with Crippen LogP contribution in [0.2, 0.25) is 0 Å². The van der Waals surface area contributed by atoms with Gasteiger partial charge in [-0.1, -0.05) is 145 Å². The van der Waals surface area contributed by atoms with Crippen LogP contribution in [0.25, 0.3) is 0 Å². The van der Waals surface area contributed by atoms with Gasteiger partial charge in [0, 0.05) is 173 Å². The van der Waals surface area contributed by atoms with Gasteiger partial charge in [-0.2, -0.15) is 0 Å². The maximum absolute atomic E-state index is 13.4. The number of benzene rings is 7. The molecule has 7 aromatic carbocycles. The van der Waals surface area contributed by atoms with Crippen LogP contribution in [0.3, 0.4) is 0 Å². The number of aliphatic hydroxyl groups is 4. The molecule has 4 fully saturated rings. The zero-order valence-electron chi connectivity index (χ0n) is 70.2. The number of anilines is 3. The Hall–Kier alpha value is -13.7. The number of nitrogens with zero attached hydrogens (tertiary/aromatic N) is 12. The number of urea groups is 4. The zero-order chi connectivity index (χ0) is 89.1. The van der Waals surface area contributed by atoms with E-state index in [0.717, 1.165) is 48.1 Å². The fourth-order valence-electron chi connectivity index (χ4n) is 16.4. The summed E-state index contributed by atoms with van der Waals surface area (Å²) >= 11 is 0. The van der Waals surface area contributed by atoms with Crippen LogP contribution >= 0.6 is 0 Å². The third-order valence-corrected chi connectivity index (χ3v) is 23.9. The van der Waals surface area contributed by atoms with Gasteiger partial charge < -0.3 is 61.3 Å². The molecule has 8 amide bonds. The summed E-state index contributed by atoms with van der Waals surface area (Å²) in [7, 11) is 1.64. The number of piperidine rings is 4. The van der Waals surface area contributed by atoms with E-state index in [9.17, 15) is 47.1 Å². The largest absolute Gasteiger partial charge is 0.388 e. The maximum Gasteiger partial charge on any atom is 0.321 e. The van der Waals surface area contributed by atoms with Crippen molar-refractivity contribution in [2.75, 3.05) is 102 Å². The van der Waals surface area contributed by atoms with Crippen LogP contribution in [0.1, 0.15) is 144 Å². The Morgan fingerprint density at radius 1 is 0.310 bits per heavy atom. The quantitative estimate of drug-likeness (QED) is 0.0276. The van der Waals surface area contributed by atoms with Crippen molar-refractivity contribution in [3.8, 4) is 0 Å². The highest BCUT2D eigenvalue weighted by molar-refractivity contribution is 5.98. The normalized spacial score (nSPS) is 15.3. The van der Waals surface area contributed by atoms with Gasteiger partial charge in [-0.15, -0.1) is 0 Å². The highest BCUT2D eigenvalue weighted by Gasteiger charge is 2.43. The third-order valence-electron chi connectivity index (χ3n) is 23.9. The van der Waals surface area contributed by atoms with Gasteiger partial charge >= 0.3 is 24.1 Å². The van der Waals surface area contributed by atoms with Crippen LogP contribution in [0, 0.1) is 18.6 Å². The Labute approximate surface area is 729 Å². The molecule has 4 saturated heterocycles. The summed E-state index contributed by atoms with van der Waals surface area (Å²) in [6, 6.07) is 59.4. The minimum Gasteiger partial charge on any atom is -0.388 e. The molecule has 652 valence electrons. The summed E-state index contributed by atoms with van der Waals surface area (Å²) < 4.78 is 26.6. The zero-order valence-corrected chi connectivity index (χ0v) is 70.2. The number of rotatable bonds is 23. The Morgan fingerprint density at radius 2 is 0.556 bits per heavy atom. The van der Waals surface area contributed by atoms with E-state index >= 15 is 0 Å². The molecule has 0 saturated carbocycles. The molecule has 8 N–H and O–H groups in total. The molecule has 0 unspecified atom stereocenters. The highest BCUT2D eigenvalue weighted by Crippen LogP contribution is 2.43. The summed E-state index contributed by atoms with van der Waals surface area (Å²) in [5.74, 6) is 0.134. The van der Waals surface area contributed by atoms with E-state index in [2.05, 4.69) is 110 Å². The van der Waals surface area contributed by atoms with Gasteiger partial charge in [-0.05, 0) is 135 Å². The van der Waals surface area contributed by atoms with Crippen LogP contribution in [0.4, 0.5) is 45.0 Å². The first-order valence-electron chi connectivity index (χ1n) is 41.8. The predicted molar refractivity (Wildman–Crippen MR) is 470 cm³/mol. The molecule has 4 aromatic heterocycles. The first-order chi connectivity index (χ1) is 61.0. The number of Topliss-reactive ketones (excluding diaryl/α,β-unsaturated/α-hetero) is 4. The Balaban J connectivity index is 0.000000153. The van der Waals surface area contributed by atoms with E-state index in [1.54, 1.807) is 29.0 Å². The highest BCUT2D eigenvalue weighted by atomic mass is 19.1. The van der Waals surface area contributed by atoms with Gasteiger partial charge in [0.15, 0.2) is 23.1 Å². The van der Waals surface area contributed by atoms with Crippen LogP contribution in [0.15, 0.2) is 244 Å². The Morgan fingerprint density at radius 3 is 0.802 bits per heavy atom. The number of carbonyl (C=O) groups is 8. The number of hydrogen-bond donors (Lipinski definition) is 8. The lowest BCUT2D eigenvalue weighted by atomic mass is 9.70. The average molecular weight is 1710 g/mol. The molecule has 0 atom stereocenters. The summed E-state index contributed by atoms with van der Waals surface area (Å²) in [5, 5.41) is 47.3. The SMILES string of the molecule is CNC(=O)N1CCC(Cc2ncc(C(=O)CO)cn2)(c2ccccc2)CC1.Cc1ccc(NC(=O)N2CCC(Cc3ncc(C(=O)CO)cn3)(c3ccccc3)CC2)cc1.O=C(CO)c1cnc(CC2(c3ccccc3)CCN(C(=O)Nc3ccc(F)cc3)CC2)nc1.O=C(CO)c1cnc(CC2(c3ccccc3)CCN(C(=O)Nc3cccc(F)c3)CC2)nc1. The van der Waals surface area contributed by atoms with E-state index in [1.807, 2.05) is 114 Å². The summed E-state index contributed by atoms with van der Waals surface area (Å²) in [4.78, 5) is 139.